The lowest BCUT2D eigenvalue weighted by molar-refractivity contribution is -0.136. The molecule has 3 aromatic rings. The second-order valence-electron chi connectivity index (χ2n) is 8.30. The maximum Gasteiger partial charge on any atom is 0.335 e. The van der Waals surface area contributed by atoms with Gasteiger partial charge >= 0.3 is 5.97 Å². The van der Waals surface area contributed by atoms with Crippen LogP contribution in [0.1, 0.15) is 24.2 Å². The van der Waals surface area contributed by atoms with Gasteiger partial charge in [-0.15, -0.1) is 10.2 Å². The molecule has 0 saturated carbocycles. The number of nitrogens with two attached hydrogens (primary N) is 1. The van der Waals surface area contributed by atoms with E-state index in [0.29, 0.717) is 31.9 Å². The maximum absolute atomic E-state index is 12.5. The summed E-state index contributed by atoms with van der Waals surface area (Å²) in [6.07, 6.45) is 0. The standard InChI is InChI=1S/C23H25N5O3/c1-23(2,24)22(31)28-13-11-27(12-14-28)20-18-6-4-3-5-17(18)19(25-26-20)15-7-9-16(10-8-15)21(29)30/h3-10H,11-14,24H2,1-2H3,(H,29,30). The van der Waals surface area contributed by atoms with Crippen molar-refractivity contribution >= 4 is 28.5 Å². The zero-order valence-corrected chi connectivity index (χ0v) is 17.6. The van der Waals surface area contributed by atoms with Gasteiger partial charge in [0.1, 0.15) is 5.69 Å². The fourth-order valence-electron chi connectivity index (χ4n) is 3.84. The predicted molar refractivity (Wildman–Crippen MR) is 119 cm³/mol. The molecule has 0 radical (unpaired) electrons. The van der Waals surface area contributed by atoms with Crippen molar-refractivity contribution in [1.29, 1.82) is 0 Å². The molecule has 0 bridgehead atoms. The number of hydrogen-bond donors (Lipinski definition) is 2. The van der Waals surface area contributed by atoms with Crippen LogP contribution in [0.15, 0.2) is 48.5 Å². The third-order valence-corrected chi connectivity index (χ3v) is 5.49. The number of aromatic nitrogens is 2. The Bertz CT molecular complexity index is 1130. The maximum atomic E-state index is 12.5. The molecule has 2 aromatic carbocycles. The van der Waals surface area contributed by atoms with Gasteiger partial charge in [-0.3, -0.25) is 4.79 Å². The molecule has 160 valence electrons. The molecule has 3 N–H and O–H groups in total. The number of hydrogen-bond acceptors (Lipinski definition) is 6. The van der Waals surface area contributed by atoms with Crippen molar-refractivity contribution in [2.75, 3.05) is 31.1 Å². The topological polar surface area (TPSA) is 113 Å². The number of carboxylic acids is 1. The summed E-state index contributed by atoms with van der Waals surface area (Å²) in [5.74, 6) is -0.239. The molecule has 1 saturated heterocycles. The molecular formula is C23H25N5O3. The van der Waals surface area contributed by atoms with E-state index in [4.69, 9.17) is 10.8 Å². The third-order valence-electron chi connectivity index (χ3n) is 5.49. The highest BCUT2D eigenvalue weighted by molar-refractivity contribution is 6.00. The Kier molecular flexibility index (Phi) is 5.32. The van der Waals surface area contributed by atoms with Crippen molar-refractivity contribution in [2.24, 2.45) is 5.73 Å². The first-order chi connectivity index (χ1) is 14.8. The van der Waals surface area contributed by atoms with E-state index >= 15 is 0 Å². The first kappa shape index (κ1) is 20.7. The highest BCUT2D eigenvalue weighted by Crippen LogP contribution is 2.32. The van der Waals surface area contributed by atoms with E-state index in [1.807, 2.05) is 24.3 Å². The number of carbonyl (C=O) groups excluding carboxylic acids is 1. The molecule has 31 heavy (non-hydrogen) atoms. The molecule has 2 heterocycles. The van der Waals surface area contributed by atoms with Crippen LogP contribution in [0.2, 0.25) is 0 Å². The minimum Gasteiger partial charge on any atom is -0.478 e. The molecule has 1 aromatic heterocycles. The molecule has 1 aliphatic rings. The largest absolute Gasteiger partial charge is 0.478 e. The number of amides is 1. The highest BCUT2D eigenvalue weighted by atomic mass is 16.4. The summed E-state index contributed by atoms with van der Waals surface area (Å²) in [6, 6.07) is 14.5. The highest BCUT2D eigenvalue weighted by Gasteiger charge is 2.31. The predicted octanol–water partition coefficient (Wildman–Crippen LogP) is 2.38. The van der Waals surface area contributed by atoms with Crippen LogP contribution in [0.25, 0.3) is 22.0 Å². The van der Waals surface area contributed by atoms with Gasteiger partial charge in [0.05, 0.1) is 11.1 Å². The van der Waals surface area contributed by atoms with Crippen molar-refractivity contribution in [3.8, 4) is 11.3 Å². The summed E-state index contributed by atoms with van der Waals surface area (Å²) in [5, 5.41) is 20.0. The zero-order valence-electron chi connectivity index (χ0n) is 17.6. The Morgan fingerprint density at radius 1 is 0.935 bits per heavy atom. The van der Waals surface area contributed by atoms with Crippen molar-refractivity contribution in [3.63, 3.8) is 0 Å². The number of piperazine rings is 1. The molecule has 1 amide bonds. The molecule has 0 unspecified atom stereocenters. The Labute approximate surface area is 180 Å². The number of benzene rings is 2. The Morgan fingerprint density at radius 3 is 2.13 bits per heavy atom. The number of rotatable bonds is 4. The SMILES string of the molecule is CC(C)(N)C(=O)N1CCN(c2nnc(-c3ccc(C(=O)O)cc3)c3ccccc23)CC1. The molecule has 8 heteroatoms. The number of fused-ring (bicyclic) bond motifs is 1. The fraction of sp³-hybridized carbons (Fsp3) is 0.304. The minimum absolute atomic E-state index is 0.0525. The molecule has 4 rings (SSSR count). The zero-order chi connectivity index (χ0) is 22.2. The van der Waals surface area contributed by atoms with Gasteiger partial charge in [0, 0.05) is 42.5 Å². The number of nitrogens with zero attached hydrogens (tertiary/aromatic N) is 4. The number of carbonyl (C=O) groups is 2. The molecule has 1 fully saturated rings. The molecular weight excluding hydrogens is 394 g/mol. The summed E-state index contributed by atoms with van der Waals surface area (Å²) in [5.41, 5.74) is 6.82. The minimum atomic E-state index is -0.964. The van der Waals surface area contributed by atoms with Crippen LogP contribution in [0, 0.1) is 0 Å². The second-order valence-corrected chi connectivity index (χ2v) is 8.30. The van der Waals surface area contributed by atoms with Crippen LogP contribution in [0.4, 0.5) is 5.82 Å². The second kappa shape index (κ2) is 7.96. The molecule has 1 aliphatic heterocycles. The van der Waals surface area contributed by atoms with Crippen LogP contribution in [-0.2, 0) is 4.79 Å². The van der Waals surface area contributed by atoms with Crippen molar-refractivity contribution < 1.29 is 14.7 Å². The lowest BCUT2D eigenvalue weighted by Crippen LogP contribution is -2.57. The van der Waals surface area contributed by atoms with E-state index in [9.17, 15) is 9.59 Å². The molecule has 0 spiro atoms. The van der Waals surface area contributed by atoms with Gasteiger partial charge in [0.15, 0.2) is 5.82 Å². The van der Waals surface area contributed by atoms with Gasteiger partial charge in [-0.05, 0) is 26.0 Å². The fourth-order valence-corrected chi connectivity index (χ4v) is 3.84. The van der Waals surface area contributed by atoms with Gasteiger partial charge in [-0.2, -0.15) is 0 Å². The van der Waals surface area contributed by atoms with E-state index < -0.39 is 11.5 Å². The van der Waals surface area contributed by atoms with Crippen molar-refractivity contribution in [1.82, 2.24) is 15.1 Å². The first-order valence-corrected chi connectivity index (χ1v) is 10.2. The van der Waals surface area contributed by atoms with Gasteiger partial charge < -0.3 is 20.6 Å². The van der Waals surface area contributed by atoms with Gasteiger partial charge in [0.25, 0.3) is 0 Å². The normalized spacial score (nSPS) is 14.7. The van der Waals surface area contributed by atoms with Gasteiger partial charge in [-0.1, -0.05) is 36.4 Å². The molecule has 0 atom stereocenters. The Balaban J connectivity index is 1.63. The van der Waals surface area contributed by atoms with Crippen LogP contribution in [0.3, 0.4) is 0 Å². The number of carboxylic acid groups (broad SMARTS) is 1. The summed E-state index contributed by atoms with van der Waals surface area (Å²) in [6.45, 7) is 5.90. The van der Waals surface area contributed by atoms with E-state index in [2.05, 4.69) is 15.1 Å². The number of anilines is 1. The van der Waals surface area contributed by atoms with E-state index in [1.165, 1.54) is 0 Å². The van der Waals surface area contributed by atoms with E-state index in [0.717, 1.165) is 22.2 Å². The van der Waals surface area contributed by atoms with Crippen LogP contribution in [-0.4, -0.2) is 63.8 Å². The first-order valence-electron chi connectivity index (χ1n) is 10.2. The monoisotopic (exact) mass is 419 g/mol. The summed E-state index contributed by atoms with van der Waals surface area (Å²) >= 11 is 0. The van der Waals surface area contributed by atoms with Gasteiger partial charge in [0.2, 0.25) is 5.91 Å². The summed E-state index contributed by atoms with van der Waals surface area (Å²) in [4.78, 5) is 27.5. The lowest BCUT2D eigenvalue weighted by Gasteiger charge is -2.38. The lowest BCUT2D eigenvalue weighted by atomic mass is 10.0. The molecule has 8 nitrogen and oxygen atoms in total. The van der Waals surface area contributed by atoms with E-state index in [-0.39, 0.29) is 11.5 Å². The van der Waals surface area contributed by atoms with Crippen LogP contribution >= 0.6 is 0 Å². The Morgan fingerprint density at radius 2 is 1.55 bits per heavy atom. The summed E-state index contributed by atoms with van der Waals surface area (Å²) < 4.78 is 0. The van der Waals surface area contributed by atoms with Crippen molar-refractivity contribution in [3.05, 3.63) is 54.1 Å². The third kappa shape index (κ3) is 4.06. The van der Waals surface area contributed by atoms with Crippen LogP contribution < -0.4 is 10.6 Å². The average molecular weight is 419 g/mol. The van der Waals surface area contributed by atoms with Gasteiger partial charge in [-0.25, -0.2) is 4.79 Å². The summed E-state index contributed by atoms with van der Waals surface area (Å²) in [7, 11) is 0. The van der Waals surface area contributed by atoms with E-state index in [1.54, 1.807) is 43.0 Å². The van der Waals surface area contributed by atoms with Crippen LogP contribution in [0.5, 0.6) is 0 Å². The quantitative estimate of drug-likeness (QED) is 0.668. The van der Waals surface area contributed by atoms with Crippen molar-refractivity contribution in [2.45, 2.75) is 19.4 Å². The molecule has 0 aliphatic carbocycles. The average Bonchev–Trinajstić information content (AvgIpc) is 2.77. The number of aromatic carboxylic acids is 1. The Hall–Kier alpha value is -3.52. The smallest absolute Gasteiger partial charge is 0.335 e.